The van der Waals surface area contributed by atoms with Gasteiger partial charge in [0.15, 0.2) is 14.9 Å². The molecule has 0 amide bonds. The largest absolute Gasteiger partial charge is 0.507 e. The fraction of sp³-hybridized carbons (Fsp3) is 0.214. The number of hydrogen-bond donors (Lipinski definition) is 3. The number of benzene rings is 1. The zero-order chi connectivity index (χ0) is 15.6. The minimum Gasteiger partial charge on any atom is -0.507 e. The molecule has 2 aromatic rings. The normalized spacial score (nSPS) is 12.9. The molecule has 0 fully saturated rings. The smallest absolute Gasteiger partial charge is 0.192 e. The van der Waals surface area contributed by atoms with Crippen molar-refractivity contribution in [2.45, 2.75) is 18.0 Å². The Morgan fingerprint density at radius 2 is 1.76 bits per heavy atom. The Morgan fingerprint density at radius 1 is 1.14 bits per heavy atom. The number of phenolic OH excluding ortho intramolecular Hbond substituents is 2. The molecular formula is C14H16N2O4S. The number of pyridine rings is 1. The van der Waals surface area contributed by atoms with Crippen LogP contribution in [0.15, 0.2) is 41.6 Å². The average Bonchev–Trinajstić information content (AvgIpc) is 2.38. The molecule has 6 nitrogen and oxygen atoms in total. The highest BCUT2D eigenvalue weighted by atomic mass is 32.2. The second-order valence-corrected chi connectivity index (χ2v) is 6.70. The minimum absolute atomic E-state index is 0.00823. The van der Waals surface area contributed by atoms with Crippen LogP contribution in [0.4, 0.5) is 5.69 Å². The van der Waals surface area contributed by atoms with E-state index in [1.165, 1.54) is 24.4 Å². The Labute approximate surface area is 123 Å². The number of anilines is 1. The number of nitrogens with one attached hydrogen (secondary N) is 1. The lowest BCUT2D eigenvalue weighted by Crippen LogP contribution is -2.08. The van der Waals surface area contributed by atoms with E-state index < -0.39 is 9.84 Å². The summed E-state index contributed by atoms with van der Waals surface area (Å²) < 4.78 is 22.7. The third-order valence-corrected chi connectivity index (χ3v) is 3.99. The number of sulfone groups is 1. The Morgan fingerprint density at radius 3 is 2.24 bits per heavy atom. The lowest BCUT2D eigenvalue weighted by atomic mass is 10.1. The van der Waals surface area contributed by atoms with Crippen LogP contribution in [0.25, 0.3) is 0 Å². The SMILES string of the molecule is CC(Nc1ccc(S(C)(=O)=O)nc1)c1c(O)cccc1O. The highest BCUT2D eigenvalue weighted by Gasteiger charge is 2.15. The summed E-state index contributed by atoms with van der Waals surface area (Å²) in [5.74, 6) is -0.0357. The number of aromatic hydroxyl groups is 2. The summed E-state index contributed by atoms with van der Waals surface area (Å²) in [5, 5.41) is 22.6. The molecule has 0 spiro atoms. The van der Waals surface area contributed by atoms with Gasteiger partial charge >= 0.3 is 0 Å². The van der Waals surface area contributed by atoms with Crippen LogP contribution in [-0.2, 0) is 9.84 Å². The van der Waals surface area contributed by atoms with Gasteiger partial charge in [-0.1, -0.05) is 6.07 Å². The molecule has 0 aliphatic heterocycles. The molecule has 1 heterocycles. The van der Waals surface area contributed by atoms with Gasteiger partial charge in [-0.2, -0.15) is 0 Å². The maximum atomic E-state index is 11.3. The van der Waals surface area contributed by atoms with Crippen LogP contribution in [0.3, 0.4) is 0 Å². The first kappa shape index (κ1) is 15.1. The summed E-state index contributed by atoms with van der Waals surface area (Å²) in [7, 11) is -3.33. The summed E-state index contributed by atoms with van der Waals surface area (Å²) >= 11 is 0. The first-order chi connectivity index (χ1) is 9.79. The van der Waals surface area contributed by atoms with Crippen LogP contribution in [0.1, 0.15) is 18.5 Å². The molecule has 2 rings (SSSR count). The van der Waals surface area contributed by atoms with E-state index in [1.807, 2.05) is 0 Å². The van der Waals surface area contributed by atoms with Crippen LogP contribution in [0, 0.1) is 0 Å². The second-order valence-electron chi connectivity index (χ2n) is 4.73. The van der Waals surface area contributed by atoms with E-state index in [0.29, 0.717) is 11.3 Å². The van der Waals surface area contributed by atoms with Crippen molar-refractivity contribution in [2.24, 2.45) is 0 Å². The van der Waals surface area contributed by atoms with Crippen molar-refractivity contribution in [1.29, 1.82) is 0 Å². The lowest BCUT2D eigenvalue weighted by molar-refractivity contribution is 0.434. The van der Waals surface area contributed by atoms with Gasteiger partial charge in [-0.05, 0) is 31.2 Å². The van der Waals surface area contributed by atoms with E-state index in [1.54, 1.807) is 19.1 Å². The summed E-state index contributed by atoms with van der Waals surface area (Å²) in [6.07, 6.45) is 2.48. The van der Waals surface area contributed by atoms with Crippen LogP contribution < -0.4 is 5.32 Å². The molecule has 112 valence electrons. The summed E-state index contributed by atoms with van der Waals surface area (Å²) in [6.45, 7) is 1.76. The van der Waals surface area contributed by atoms with E-state index >= 15 is 0 Å². The van der Waals surface area contributed by atoms with Crippen LogP contribution in [-0.4, -0.2) is 29.9 Å². The van der Waals surface area contributed by atoms with Crippen LogP contribution >= 0.6 is 0 Å². The fourth-order valence-electron chi connectivity index (χ4n) is 1.99. The molecule has 3 N–H and O–H groups in total. The van der Waals surface area contributed by atoms with Crippen molar-refractivity contribution in [3.63, 3.8) is 0 Å². The summed E-state index contributed by atoms with van der Waals surface area (Å²) in [4.78, 5) is 3.87. The number of aromatic nitrogens is 1. The van der Waals surface area contributed by atoms with E-state index in [2.05, 4.69) is 10.3 Å². The van der Waals surface area contributed by atoms with Gasteiger partial charge in [0.2, 0.25) is 0 Å². The van der Waals surface area contributed by atoms with Crippen molar-refractivity contribution in [3.05, 3.63) is 42.1 Å². The van der Waals surface area contributed by atoms with Gasteiger partial charge in [0.1, 0.15) is 11.5 Å². The van der Waals surface area contributed by atoms with Gasteiger partial charge in [-0.25, -0.2) is 13.4 Å². The van der Waals surface area contributed by atoms with E-state index in [4.69, 9.17) is 0 Å². The highest BCUT2D eigenvalue weighted by molar-refractivity contribution is 7.90. The maximum Gasteiger partial charge on any atom is 0.192 e. The third-order valence-electron chi connectivity index (χ3n) is 2.99. The molecule has 21 heavy (non-hydrogen) atoms. The van der Waals surface area contributed by atoms with E-state index in [-0.39, 0.29) is 22.6 Å². The van der Waals surface area contributed by atoms with E-state index in [9.17, 15) is 18.6 Å². The summed E-state index contributed by atoms with van der Waals surface area (Å²) in [5.41, 5.74) is 0.947. The molecule has 0 bridgehead atoms. The molecule has 0 aliphatic rings. The van der Waals surface area contributed by atoms with Crippen molar-refractivity contribution < 1.29 is 18.6 Å². The Kier molecular flexibility index (Phi) is 4.04. The Hall–Kier alpha value is -2.28. The molecule has 0 radical (unpaired) electrons. The number of nitrogens with zero attached hydrogens (tertiary/aromatic N) is 1. The molecule has 0 saturated heterocycles. The van der Waals surface area contributed by atoms with Crippen LogP contribution in [0.5, 0.6) is 11.5 Å². The molecule has 1 atom stereocenters. The molecule has 7 heteroatoms. The molecule has 1 aromatic carbocycles. The average molecular weight is 308 g/mol. The quantitative estimate of drug-likeness (QED) is 0.799. The first-order valence-corrected chi connectivity index (χ1v) is 8.11. The summed E-state index contributed by atoms with van der Waals surface area (Å²) in [6, 6.07) is 7.11. The van der Waals surface area contributed by atoms with Crippen molar-refractivity contribution in [2.75, 3.05) is 11.6 Å². The molecular weight excluding hydrogens is 292 g/mol. The third kappa shape index (κ3) is 3.43. The monoisotopic (exact) mass is 308 g/mol. The number of rotatable bonds is 4. The predicted octanol–water partition coefficient (Wildman–Crippen LogP) is 2.07. The topological polar surface area (TPSA) is 99.5 Å². The zero-order valence-corrected chi connectivity index (χ0v) is 12.4. The molecule has 0 aliphatic carbocycles. The second kappa shape index (κ2) is 5.61. The minimum atomic E-state index is -3.33. The number of phenols is 2. The highest BCUT2D eigenvalue weighted by Crippen LogP contribution is 2.33. The van der Waals surface area contributed by atoms with Crippen molar-refractivity contribution in [1.82, 2.24) is 4.98 Å². The lowest BCUT2D eigenvalue weighted by Gasteiger charge is -2.17. The standard InChI is InChI=1S/C14H16N2O4S/c1-9(14-11(17)4-3-5-12(14)18)16-10-6-7-13(15-8-10)21(2,19)20/h3-9,16-18H,1-2H3. The van der Waals surface area contributed by atoms with Crippen LogP contribution in [0.2, 0.25) is 0 Å². The zero-order valence-electron chi connectivity index (χ0n) is 11.6. The van der Waals surface area contributed by atoms with Gasteiger partial charge in [-0.15, -0.1) is 0 Å². The van der Waals surface area contributed by atoms with Gasteiger partial charge in [-0.3, -0.25) is 0 Å². The Bertz CT molecular complexity index is 722. The van der Waals surface area contributed by atoms with Gasteiger partial charge in [0.25, 0.3) is 0 Å². The van der Waals surface area contributed by atoms with Gasteiger partial charge in [0.05, 0.1) is 23.5 Å². The van der Waals surface area contributed by atoms with Gasteiger partial charge in [0, 0.05) is 6.26 Å². The Balaban J connectivity index is 2.22. The first-order valence-electron chi connectivity index (χ1n) is 6.22. The van der Waals surface area contributed by atoms with Gasteiger partial charge < -0.3 is 15.5 Å². The maximum absolute atomic E-state index is 11.3. The molecule has 0 saturated carbocycles. The number of hydrogen-bond acceptors (Lipinski definition) is 6. The van der Waals surface area contributed by atoms with Crippen molar-refractivity contribution >= 4 is 15.5 Å². The van der Waals surface area contributed by atoms with Crippen molar-refractivity contribution in [3.8, 4) is 11.5 Å². The predicted molar refractivity (Wildman–Crippen MR) is 79.2 cm³/mol. The van der Waals surface area contributed by atoms with E-state index in [0.717, 1.165) is 6.26 Å². The fourth-order valence-corrected chi connectivity index (χ4v) is 2.55. The molecule has 1 aromatic heterocycles. The molecule has 1 unspecified atom stereocenters.